The van der Waals surface area contributed by atoms with Crippen LogP contribution in [-0.4, -0.2) is 42.1 Å². The zero-order valence-electron chi connectivity index (χ0n) is 15.7. The Morgan fingerprint density at radius 3 is 2.30 bits per heavy atom. The van der Waals surface area contributed by atoms with Crippen LogP contribution in [0, 0.1) is 5.92 Å². The average Bonchev–Trinajstić information content (AvgIpc) is 2.73. The molecule has 27 heavy (non-hydrogen) atoms. The first kappa shape index (κ1) is 19.3. The van der Waals surface area contributed by atoms with Crippen molar-refractivity contribution in [3.05, 3.63) is 78.9 Å². The molecular weight excluding hydrogens is 336 g/mol. The molecule has 2 aromatic rings. The fraction of sp³-hybridized carbons (Fsp3) is 0.348. The third-order valence-electron chi connectivity index (χ3n) is 5.26. The molecular formula is C23H28N2O2. The highest BCUT2D eigenvalue weighted by molar-refractivity contribution is 5.95. The smallest absolute Gasteiger partial charge is 0.241 e. The van der Waals surface area contributed by atoms with Crippen LogP contribution in [0.4, 0.5) is 5.69 Å². The SMILES string of the molecule is C=CCN(C(=O)CN1CCC(C(O)c2ccccc2)CC1)c1ccccc1. The summed E-state index contributed by atoms with van der Waals surface area (Å²) in [5.74, 6) is 0.334. The van der Waals surface area contributed by atoms with Gasteiger partial charge in [0.25, 0.3) is 0 Å². The number of hydrogen-bond donors (Lipinski definition) is 1. The van der Waals surface area contributed by atoms with Crippen molar-refractivity contribution in [1.29, 1.82) is 0 Å². The van der Waals surface area contributed by atoms with E-state index in [-0.39, 0.29) is 11.8 Å². The number of benzene rings is 2. The van der Waals surface area contributed by atoms with Gasteiger partial charge in [0.05, 0.1) is 12.6 Å². The van der Waals surface area contributed by atoms with E-state index < -0.39 is 6.10 Å². The Bertz CT molecular complexity index is 725. The minimum absolute atomic E-state index is 0.0863. The third-order valence-corrected chi connectivity index (χ3v) is 5.26. The maximum atomic E-state index is 12.8. The van der Waals surface area contributed by atoms with E-state index in [0.717, 1.165) is 37.2 Å². The predicted octanol–water partition coefficient (Wildman–Crippen LogP) is 3.65. The molecule has 4 nitrogen and oxygen atoms in total. The number of rotatable bonds is 7. The van der Waals surface area contributed by atoms with Crippen LogP contribution in [0.15, 0.2) is 73.3 Å². The summed E-state index contributed by atoms with van der Waals surface area (Å²) in [7, 11) is 0. The summed E-state index contributed by atoms with van der Waals surface area (Å²) in [5.41, 5.74) is 1.88. The van der Waals surface area contributed by atoms with E-state index >= 15 is 0 Å². The number of amides is 1. The van der Waals surface area contributed by atoms with Gasteiger partial charge >= 0.3 is 0 Å². The Hall–Kier alpha value is -2.43. The van der Waals surface area contributed by atoms with Gasteiger partial charge in [-0.3, -0.25) is 9.69 Å². The van der Waals surface area contributed by atoms with Crippen LogP contribution in [0.5, 0.6) is 0 Å². The van der Waals surface area contributed by atoms with Crippen molar-refractivity contribution in [3.8, 4) is 0 Å². The number of aliphatic hydroxyl groups is 1. The fourth-order valence-electron chi connectivity index (χ4n) is 3.71. The van der Waals surface area contributed by atoms with E-state index in [9.17, 15) is 9.90 Å². The molecule has 1 fully saturated rings. The van der Waals surface area contributed by atoms with Gasteiger partial charge in [-0.2, -0.15) is 0 Å². The Morgan fingerprint density at radius 1 is 1.11 bits per heavy atom. The van der Waals surface area contributed by atoms with Crippen LogP contribution >= 0.6 is 0 Å². The van der Waals surface area contributed by atoms with Crippen LogP contribution in [0.3, 0.4) is 0 Å². The van der Waals surface area contributed by atoms with Crippen LogP contribution in [0.1, 0.15) is 24.5 Å². The average molecular weight is 364 g/mol. The summed E-state index contributed by atoms with van der Waals surface area (Å²) >= 11 is 0. The predicted molar refractivity (Wildman–Crippen MR) is 110 cm³/mol. The first-order chi connectivity index (χ1) is 13.2. The van der Waals surface area contributed by atoms with Crippen molar-refractivity contribution in [2.75, 3.05) is 31.1 Å². The van der Waals surface area contributed by atoms with Crippen LogP contribution in [0.25, 0.3) is 0 Å². The highest BCUT2D eigenvalue weighted by Gasteiger charge is 2.28. The maximum absolute atomic E-state index is 12.8. The molecule has 4 heteroatoms. The lowest BCUT2D eigenvalue weighted by Gasteiger charge is -2.35. The minimum atomic E-state index is -0.425. The van der Waals surface area contributed by atoms with Gasteiger partial charge in [-0.15, -0.1) is 6.58 Å². The highest BCUT2D eigenvalue weighted by Crippen LogP contribution is 2.30. The molecule has 0 bridgehead atoms. The first-order valence-electron chi connectivity index (χ1n) is 9.60. The van der Waals surface area contributed by atoms with Gasteiger partial charge in [-0.25, -0.2) is 0 Å². The van der Waals surface area contributed by atoms with E-state index in [1.54, 1.807) is 11.0 Å². The molecule has 1 amide bonds. The molecule has 142 valence electrons. The van der Waals surface area contributed by atoms with Gasteiger partial charge in [-0.1, -0.05) is 54.6 Å². The monoisotopic (exact) mass is 364 g/mol. The van der Waals surface area contributed by atoms with Crippen molar-refractivity contribution in [3.63, 3.8) is 0 Å². The Morgan fingerprint density at radius 2 is 1.70 bits per heavy atom. The van der Waals surface area contributed by atoms with E-state index in [0.29, 0.717) is 13.1 Å². The van der Waals surface area contributed by atoms with E-state index in [1.165, 1.54) is 0 Å². The van der Waals surface area contributed by atoms with Gasteiger partial charge in [0.2, 0.25) is 5.91 Å². The largest absolute Gasteiger partial charge is 0.388 e. The standard InChI is InChI=1S/C23H28N2O2/c1-2-15-25(21-11-7-4-8-12-21)22(26)18-24-16-13-20(14-17-24)23(27)19-9-5-3-6-10-19/h2-12,20,23,27H,1,13-18H2. The molecule has 2 aromatic carbocycles. The summed E-state index contributed by atoms with van der Waals surface area (Å²) in [5, 5.41) is 10.6. The molecule has 1 saturated heterocycles. The van der Waals surface area contributed by atoms with Gasteiger partial charge in [0.15, 0.2) is 0 Å². The summed E-state index contributed by atoms with van der Waals surface area (Å²) in [6.07, 6.45) is 3.13. The molecule has 3 rings (SSSR count). The number of likely N-dealkylation sites (tertiary alicyclic amines) is 1. The lowest BCUT2D eigenvalue weighted by Crippen LogP contribution is -2.44. The number of para-hydroxylation sites is 1. The molecule has 1 aliphatic rings. The van der Waals surface area contributed by atoms with Crippen molar-refractivity contribution in [2.45, 2.75) is 18.9 Å². The number of carbonyl (C=O) groups is 1. The van der Waals surface area contributed by atoms with Crippen molar-refractivity contribution in [2.24, 2.45) is 5.92 Å². The van der Waals surface area contributed by atoms with Crippen LogP contribution in [0.2, 0.25) is 0 Å². The van der Waals surface area contributed by atoms with E-state index in [4.69, 9.17) is 0 Å². The van der Waals surface area contributed by atoms with Crippen molar-refractivity contribution >= 4 is 11.6 Å². The number of hydrogen-bond acceptors (Lipinski definition) is 3. The van der Waals surface area contributed by atoms with Gasteiger partial charge in [-0.05, 0) is 49.5 Å². The fourth-order valence-corrected chi connectivity index (χ4v) is 3.71. The van der Waals surface area contributed by atoms with E-state index in [2.05, 4.69) is 11.5 Å². The van der Waals surface area contributed by atoms with Crippen molar-refractivity contribution in [1.82, 2.24) is 4.90 Å². The maximum Gasteiger partial charge on any atom is 0.241 e. The molecule has 1 unspecified atom stereocenters. The van der Waals surface area contributed by atoms with Crippen molar-refractivity contribution < 1.29 is 9.90 Å². The molecule has 0 spiro atoms. The first-order valence-corrected chi connectivity index (χ1v) is 9.60. The lowest BCUT2D eigenvalue weighted by molar-refractivity contribution is -0.120. The van der Waals surface area contributed by atoms with Gasteiger partial charge in [0, 0.05) is 12.2 Å². The summed E-state index contributed by atoms with van der Waals surface area (Å²) in [6.45, 7) is 6.34. The van der Waals surface area contributed by atoms with Crippen LogP contribution < -0.4 is 4.90 Å². The number of aliphatic hydroxyl groups excluding tert-OH is 1. The van der Waals surface area contributed by atoms with Gasteiger partial charge in [0.1, 0.15) is 0 Å². The third kappa shape index (κ3) is 5.06. The molecule has 1 aliphatic heterocycles. The molecule has 0 aromatic heterocycles. The second kappa shape index (κ2) is 9.49. The Kier molecular flexibility index (Phi) is 6.80. The molecule has 0 saturated carbocycles. The number of anilines is 1. The molecule has 1 heterocycles. The molecule has 1 N–H and O–H groups in total. The highest BCUT2D eigenvalue weighted by atomic mass is 16.3. The Balaban J connectivity index is 1.55. The number of piperidine rings is 1. The zero-order chi connectivity index (χ0) is 19.1. The lowest BCUT2D eigenvalue weighted by atomic mass is 9.87. The number of carbonyl (C=O) groups excluding carboxylic acids is 1. The van der Waals surface area contributed by atoms with Gasteiger partial charge < -0.3 is 10.0 Å². The second-order valence-electron chi connectivity index (χ2n) is 7.10. The molecule has 0 aliphatic carbocycles. The number of nitrogens with zero attached hydrogens (tertiary/aromatic N) is 2. The summed E-state index contributed by atoms with van der Waals surface area (Å²) in [6, 6.07) is 19.6. The summed E-state index contributed by atoms with van der Waals surface area (Å²) < 4.78 is 0. The molecule has 1 atom stereocenters. The zero-order valence-corrected chi connectivity index (χ0v) is 15.7. The normalized spacial score (nSPS) is 16.6. The minimum Gasteiger partial charge on any atom is -0.388 e. The topological polar surface area (TPSA) is 43.8 Å². The Labute approximate surface area is 161 Å². The quantitative estimate of drug-likeness (QED) is 0.763. The van der Waals surface area contributed by atoms with Crippen LogP contribution in [-0.2, 0) is 4.79 Å². The van der Waals surface area contributed by atoms with E-state index in [1.807, 2.05) is 60.7 Å². The summed E-state index contributed by atoms with van der Waals surface area (Å²) in [4.78, 5) is 16.8. The molecule has 0 radical (unpaired) electrons. The second-order valence-corrected chi connectivity index (χ2v) is 7.10.